The van der Waals surface area contributed by atoms with Gasteiger partial charge in [0.15, 0.2) is 0 Å². The number of amides is 2. The van der Waals surface area contributed by atoms with Gasteiger partial charge < -0.3 is 9.32 Å². The van der Waals surface area contributed by atoms with Crippen molar-refractivity contribution in [2.45, 2.75) is 26.7 Å². The molecule has 19 heavy (non-hydrogen) atoms. The Morgan fingerprint density at radius 3 is 2.74 bits per heavy atom. The van der Waals surface area contributed by atoms with Gasteiger partial charge in [0.2, 0.25) is 5.91 Å². The Hall–Kier alpha value is -1.82. The summed E-state index contributed by atoms with van der Waals surface area (Å²) in [6.07, 6.45) is 3.91. The van der Waals surface area contributed by atoms with E-state index >= 15 is 0 Å². The minimum atomic E-state index is -0.233. The standard InChI is InChI=1S/C13H20N2O4/c1-3-7-15(8-5-12(16)14-19-4-2)13(17)11-6-9-18-10-11/h6,9-10H,3-5,7-8H2,1-2H3,(H,14,16). The molecule has 1 N–H and O–H groups in total. The van der Waals surface area contributed by atoms with Gasteiger partial charge in [0, 0.05) is 19.5 Å². The number of carbonyl (C=O) groups excluding carboxylic acids is 2. The van der Waals surface area contributed by atoms with Gasteiger partial charge in [-0.05, 0) is 19.4 Å². The van der Waals surface area contributed by atoms with Crippen molar-refractivity contribution in [3.8, 4) is 0 Å². The lowest BCUT2D eigenvalue weighted by molar-refractivity contribution is -0.133. The molecule has 0 bridgehead atoms. The number of hydrogen-bond acceptors (Lipinski definition) is 4. The number of hydrogen-bond donors (Lipinski definition) is 1. The maximum atomic E-state index is 12.1. The fraction of sp³-hybridized carbons (Fsp3) is 0.538. The Bertz CT molecular complexity index is 389. The molecule has 0 aliphatic rings. The van der Waals surface area contributed by atoms with Crippen molar-refractivity contribution >= 4 is 11.8 Å². The third kappa shape index (κ3) is 5.13. The van der Waals surface area contributed by atoms with Crippen molar-refractivity contribution in [3.63, 3.8) is 0 Å². The largest absolute Gasteiger partial charge is 0.472 e. The highest BCUT2D eigenvalue weighted by molar-refractivity contribution is 5.94. The highest BCUT2D eigenvalue weighted by atomic mass is 16.6. The van der Waals surface area contributed by atoms with E-state index < -0.39 is 0 Å². The Balaban J connectivity index is 2.48. The molecule has 1 heterocycles. The van der Waals surface area contributed by atoms with Crippen molar-refractivity contribution in [3.05, 3.63) is 24.2 Å². The molecule has 1 aromatic heterocycles. The van der Waals surface area contributed by atoms with Crippen molar-refractivity contribution in [2.24, 2.45) is 0 Å². The topological polar surface area (TPSA) is 71.8 Å². The van der Waals surface area contributed by atoms with E-state index in [1.807, 2.05) is 6.92 Å². The average Bonchev–Trinajstić information content (AvgIpc) is 2.94. The fourth-order valence-corrected chi connectivity index (χ4v) is 1.59. The van der Waals surface area contributed by atoms with E-state index in [2.05, 4.69) is 5.48 Å². The second-order valence-corrected chi connectivity index (χ2v) is 4.01. The van der Waals surface area contributed by atoms with E-state index in [1.54, 1.807) is 17.9 Å². The molecule has 0 aliphatic carbocycles. The zero-order chi connectivity index (χ0) is 14.1. The summed E-state index contributed by atoms with van der Waals surface area (Å²) in [4.78, 5) is 30.0. The molecule has 0 radical (unpaired) electrons. The Kier molecular flexibility index (Phi) is 6.67. The number of rotatable bonds is 8. The quantitative estimate of drug-likeness (QED) is 0.727. The molecule has 6 nitrogen and oxygen atoms in total. The molecule has 2 amide bonds. The molecule has 0 aromatic carbocycles. The van der Waals surface area contributed by atoms with Crippen LogP contribution in [0.25, 0.3) is 0 Å². The van der Waals surface area contributed by atoms with Crippen LogP contribution in [0.3, 0.4) is 0 Å². The van der Waals surface area contributed by atoms with Crippen LogP contribution in [0.1, 0.15) is 37.0 Å². The highest BCUT2D eigenvalue weighted by Crippen LogP contribution is 2.07. The molecular formula is C13H20N2O4. The molecular weight excluding hydrogens is 248 g/mol. The van der Waals surface area contributed by atoms with Gasteiger partial charge in [-0.3, -0.25) is 14.4 Å². The molecule has 0 atom stereocenters. The minimum Gasteiger partial charge on any atom is -0.472 e. The third-order valence-electron chi connectivity index (χ3n) is 2.49. The molecule has 6 heteroatoms. The lowest BCUT2D eigenvalue weighted by Crippen LogP contribution is -2.35. The summed E-state index contributed by atoms with van der Waals surface area (Å²) >= 11 is 0. The van der Waals surface area contributed by atoms with E-state index in [-0.39, 0.29) is 18.2 Å². The molecule has 1 rings (SSSR count). The number of hydroxylamine groups is 1. The summed E-state index contributed by atoms with van der Waals surface area (Å²) in [6.45, 7) is 5.14. The first-order valence-corrected chi connectivity index (χ1v) is 6.41. The first kappa shape index (κ1) is 15.2. The summed E-state index contributed by atoms with van der Waals surface area (Å²) in [5, 5.41) is 0. The number of nitrogens with zero attached hydrogens (tertiary/aromatic N) is 1. The van der Waals surface area contributed by atoms with Gasteiger partial charge in [-0.2, -0.15) is 0 Å². The number of nitrogens with one attached hydrogen (secondary N) is 1. The Labute approximate surface area is 112 Å². The van der Waals surface area contributed by atoms with Crippen molar-refractivity contribution < 1.29 is 18.8 Å². The van der Waals surface area contributed by atoms with Crippen LogP contribution in [-0.2, 0) is 9.63 Å². The van der Waals surface area contributed by atoms with Crippen molar-refractivity contribution in [1.29, 1.82) is 0 Å². The van der Waals surface area contributed by atoms with E-state index in [0.29, 0.717) is 25.3 Å². The van der Waals surface area contributed by atoms with Gasteiger partial charge in [-0.15, -0.1) is 0 Å². The molecule has 106 valence electrons. The van der Waals surface area contributed by atoms with Crippen LogP contribution in [-0.4, -0.2) is 36.4 Å². The first-order chi connectivity index (χ1) is 9.19. The summed E-state index contributed by atoms with van der Waals surface area (Å²) < 4.78 is 4.90. The molecule has 0 saturated heterocycles. The van der Waals surface area contributed by atoms with Crippen LogP contribution in [0, 0.1) is 0 Å². The zero-order valence-corrected chi connectivity index (χ0v) is 11.3. The Morgan fingerprint density at radius 1 is 1.37 bits per heavy atom. The number of furan rings is 1. The van der Waals surface area contributed by atoms with Gasteiger partial charge in [0.1, 0.15) is 6.26 Å². The van der Waals surface area contributed by atoms with Crippen LogP contribution < -0.4 is 5.48 Å². The van der Waals surface area contributed by atoms with Crippen LogP contribution in [0.5, 0.6) is 0 Å². The van der Waals surface area contributed by atoms with Crippen LogP contribution in [0.4, 0.5) is 0 Å². The molecule has 0 spiro atoms. The smallest absolute Gasteiger partial charge is 0.257 e. The summed E-state index contributed by atoms with van der Waals surface area (Å²) in [5.74, 6) is -0.359. The molecule has 0 unspecified atom stereocenters. The van der Waals surface area contributed by atoms with Crippen LogP contribution >= 0.6 is 0 Å². The van der Waals surface area contributed by atoms with E-state index in [4.69, 9.17) is 9.25 Å². The van der Waals surface area contributed by atoms with Gasteiger partial charge in [-0.1, -0.05) is 6.92 Å². The average molecular weight is 268 g/mol. The predicted molar refractivity (Wildman–Crippen MR) is 69.3 cm³/mol. The molecule has 1 aromatic rings. The lowest BCUT2D eigenvalue weighted by atomic mass is 10.2. The monoisotopic (exact) mass is 268 g/mol. The second kappa shape index (κ2) is 8.31. The SMILES string of the molecule is CCCN(CCC(=O)NOCC)C(=O)c1ccoc1. The zero-order valence-electron chi connectivity index (χ0n) is 11.3. The minimum absolute atomic E-state index is 0.125. The molecule has 0 fully saturated rings. The maximum absolute atomic E-state index is 12.1. The Morgan fingerprint density at radius 2 is 2.16 bits per heavy atom. The first-order valence-electron chi connectivity index (χ1n) is 6.41. The number of carbonyl (C=O) groups is 2. The third-order valence-corrected chi connectivity index (χ3v) is 2.49. The highest BCUT2D eigenvalue weighted by Gasteiger charge is 2.17. The van der Waals surface area contributed by atoms with Gasteiger partial charge in [0.05, 0.1) is 18.4 Å². The predicted octanol–water partition coefficient (Wildman–Crippen LogP) is 1.59. The van der Waals surface area contributed by atoms with Crippen molar-refractivity contribution in [2.75, 3.05) is 19.7 Å². The molecule has 0 aliphatic heterocycles. The van der Waals surface area contributed by atoms with E-state index in [0.717, 1.165) is 6.42 Å². The maximum Gasteiger partial charge on any atom is 0.257 e. The molecule has 0 saturated carbocycles. The van der Waals surface area contributed by atoms with E-state index in [9.17, 15) is 9.59 Å². The van der Waals surface area contributed by atoms with E-state index in [1.165, 1.54) is 12.5 Å². The fourth-order valence-electron chi connectivity index (χ4n) is 1.59. The summed E-state index contributed by atoms with van der Waals surface area (Å²) in [5.41, 5.74) is 2.81. The van der Waals surface area contributed by atoms with Gasteiger partial charge >= 0.3 is 0 Å². The lowest BCUT2D eigenvalue weighted by Gasteiger charge is -2.21. The summed E-state index contributed by atoms with van der Waals surface area (Å²) in [7, 11) is 0. The van der Waals surface area contributed by atoms with Crippen LogP contribution in [0.2, 0.25) is 0 Å². The van der Waals surface area contributed by atoms with Gasteiger partial charge in [0.25, 0.3) is 5.91 Å². The second-order valence-electron chi connectivity index (χ2n) is 4.01. The normalized spacial score (nSPS) is 10.2. The van der Waals surface area contributed by atoms with Gasteiger partial charge in [-0.25, -0.2) is 5.48 Å². The van der Waals surface area contributed by atoms with Crippen molar-refractivity contribution in [1.82, 2.24) is 10.4 Å². The summed E-state index contributed by atoms with van der Waals surface area (Å²) in [6, 6.07) is 1.62. The van der Waals surface area contributed by atoms with Crippen LogP contribution in [0.15, 0.2) is 23.0 Å².